The normalized spacial score (nSPS) is 13.2. The van der Waals surface area contributed by atoms with Crippen molar-refractivity contribution in [1.29, 1.82) is 0 Å². The Balaban J connectivity index is 2.15. The van der Waals surface area contributed by atoms with E-state index in [1.165, 1.54) is 18.1 Å². The second-order valence-electron chi connectivity index (χ2n) is 6.11. The fourth-order valence-corrected chi connectivity index (χ4v) is 3.30. The molecule has 0 unspecified atom stereocenters. The molecular weight excluding hydrogens is 341 g/mol. The van der Waals surface area contributed by atoms with Gasteiger partial charge in [0.1, 0.15) is 11.6 Å². The van der Waals surface area contributed by atoms with E-state index in [2.05, 4.69) is 0 Å². The Hall–Kier alpha value is -3.09. The number of nitrogens with zero attached hydrogens (tertiary/aromatic N) is 1. The van der Waals surface area contributed by atoms with Crippen LogP contribution in [0.5, 0.6) is 5.75 Å². The van der Waals surface area contributed by atoms with Gasteiger partial charge in [0.15, 0.2) is 0 Å². The SMILES string of the molecule is COc1ccc(CC(=O)O)cc1-c1ccc(F)c2c1CN(C(=O)O)CC2. The maximum atomic E-state index is 14.3. The summed E-state index contributed by atoms with van der Waals surface area (Å²) in [6.07, 6.45) is -0.919. The highest BCUT2D eigenvalue weighted by atomic mass is 19.1. The fraction of sp³-hybridized carbons (Fsp3) is 0.263. The summed E-state index contributed by atoms with van der Waals surface area (Å²) in [4.78, 5) is 23.6. The first kappa shape index (κ1) is 17.7. The first-order chi connectivity index (χ1) is 12.4. The van der Waals surface area contributed by atoms with Gasteiger partial charge in [0.25, 0.3) is 0 Å². The highest BCUT2D eigenvalue weighted by Gasteiger charge is 2.26. The zero-order valence-electron chi connectivity index (χ0n) is 14.2. The monoisotopic (exact) mass is 359 g/mol. The van der Waals surface area contributed by atoms with Crippen molar-refractivity contribution in [3.8, 4) is 16.9 Å². The summed E-state index contributed by atoms with van der Waals surface area (Å²) in [5.41, 5.74) is 2.93. The van der Waals surface area contributed by atoms with Crippen molar-refractivity contribution in [3.05, 3.63) is 52.8 Å². The van der Waals surface area contributed by atoms with Crippen molar-refractivity contribution in [2.45, 2.75) is 19.4 Å². The van der Waals surface area contributed by atoms with E-state index in [9.17, 15) is 19.1 Å². The number of hydrogen-bond donors (Lipinski definition) is 2. The van der Waals surface area contributed by atoms with Gasteiger partial charge in [0.05, 0.1) is 13.5 Å². The standard InChI is InChI=1S/C19H18FNO5/c1-26-17-5-2-11(9-18(22)23)8-14(17)12-3-4-16(20)13-6-7-21(19(24)25)10-15(12)13/h2-5,8H,6-7,9-10H2,1H3,(H,22,23)(H,24,25). The van der Waals surface area contributed by atoms with Crippen molar-refractivity contribution in [2.24, 2.45) is 0 Å². The van der Waals surface area contributed by atoms with E-state index in [0.717, 1.165) is 0 Å². The van der Waals surface area contributed by atoms with Crippen LogP contribution in [0.2, 0.25) is 0 Å². The zero-order valence-corrected chi connectivity index (χ0v) is 14.2. The van der Waals surface area contributed by atoms with Crippen molar-refractivity contribution < 1.29 is 28.9 Å². The third kappa shape index (κ3) is 3.33. The van der Waals surface area contributed by atoms with Crippen LogP contribution in [0.4, 0.5) is 9.18 Å². The molecule has 2 aromatic carbocycles. The molecule has 0 atom stereocenters. The van der Waals surface area contributed by atoms with Crippen LogP contribution in [-0.2, 0) is 24.2 Å². The van der Waals surface area contributed by atoms with Gasteiger partial charge >= 0.3 is 12.1 Å². The molecular formula is C19H18FNO5. The van der Waals surface area contributed by atoms with E-state index in [-0.39, 0.29) is 25.3 Å². The van der Waals surface area contributed by atoms with E-state index < -0.39 is 12.1 Å². The Bertz CT molecular complexity index is 880. The number of rotatable bonds is 4. The molecule has 0 aromatic heterocycles. The molecule has 0 radical (unpaired) electrons. The molecule has 0 fully saturated rings. The lowest BCUT2D eigenvalue weighted by Gasteiger charge is -2.29. The summed E-state index contributed by atoms with van der Waals surface area (Å²) >= 11 is 0. The number of ether oxygens (including phenoxy) is 1. The average molecular weight is 359 g/mol. The smallest absolute Gasteiger partial charge is 0.407 e. The molecule has 0 aliphatic carbocycles. The molecule has 1 aliphatic rings. The molecule has 3 rings (SSSR count). The maximum absolute atomic E-state index is 14.3. The number of carboxylic acid groups (broad SMARTS) is 2. The molecule has 0 bridgehead atoms. The number of methoxy groups -OCH3 is 1. The lowest BCUT2D eigenvalue weighted by atomic mass is 9.89. The predicted molar refractivity (Wildman–Crippen MR) is 91.9 cm³/mol. The van der Waals surface area contributed by atoms with Crippen LogP contribution in [-0.4, -0.2) is 40.8 Å². The maximum Gasteiger partial charge on any atom is 0.407 e. The molecule has 2 aromatic rings. The van der Waals surface area contributed by atoms with Gasteiger partial charge in [-0.15, -0.1) is 0 Å². The minimum absolute atomic E-state index is 0.0735. The van der Waals surface area contributed by atoms with E-state index in [4.69, 9.17) is 9.84 Å². The average Bonchev–Trinajstić information content (AvgIpc) is 2.61. The first-order valence-electron chi connectivity index (χ1n) is 8.08. The van der Waals surface area contributed by atoms with E-state index >= 15 is 0 Å². The molecule has 2 N–H and O–H groups in total. The van der Waals surface area contributed by atoms with Crippen molar-refractivity contribution in [1.82, 2.24) is 4.90 Å². The predicted octanol–water partition coefficient (Wildman–Crippen LogP) is 3.16. The van der Waals surface area contributed by atoms with Crippen LogP contribution < -0.4 is 4.74 Å². The summed E-state index contributed by atoms with van der Waals surface area (Å²) in [6.45, 7) is 0.308. The van der Waals surface area contributed by atoms with Gasteiger partial charge in [-0.1, -0.05) is 12.1 Å². The second kappa shape index (κ2) is 7.03. The van der Waals surface area contributed by atoms with Gasteiger partial charge in [-0.3, -0.25) is 4.79 Å². The largest absolute Gasteiger partial charge is 0.496 e. The molecule has 136 valence electrons. The number of hydrogen-bond acceptors (Lipinski definition) is 3. The van der Waals surface area contributed by atoms with E-state index in [0.29, 0.717) is 40.0 Å². The number of fused-ring (bicyclic) bond motifs is 1. The van der Waals surface area contributed by atoms with Crippen LogP contribution >= 0.6 is 0 Å². The number of benzene rings is 2. The van der Waals surface area contributed by atoms with Gasteiger partial charge in [-0.05, 0) is 46.9 Å². The van der Waals surface area contributed by atoms with Crippen molar-refractivity contribution >= 4 is 12.1 Å². The lowest BCUT2D eigenvalue weighted by molar-refractivity contribution is -0.136. The summed E-state index contributed by atoms with van der Waals surface area (Å²) in [5, 5.41) is 18.3. The molecule has 1 aliphatic heterocycles. The molecule has 26 heavy (non-hydrogen) atoms. The number of halogens is 1. The summed E-state index contributed by atoms with van der Waals surface area (Å²) in [5.74, 6) is -0.811. The highest BCUT2D eigenvalue weighted by Crippen LogP contribution is 2.37. The highest BCUT2D eigenvalue weighted by molar-refractivity contribution is 5.78. The first-order valence-corrected chi connectivity index (χ1v) is 8.08. The van der Waals surface area contributed by atoms with Crippen LogP contribution in [0, 0.1) is 5.82 Å². The summed E-state index contributed by atoms with van der Waals surface area (Å²) < 4.78 is 19.6. The fourth-order valence-electron chi connectivity index (χ4n) is 3.30. The van der Waals surface area contributed by atoms with Gasteiger partial charge in [0.2, 0.25) is 0 Å². The zero-order chi connectivity index (χ0) is 18.8. The number of carboxylic acids is 1. The van der Waals surface area contributed by atoms with Crippen LogP contribution in [0.25, 0.3) is 11.1 Å². The van der Waals surface area contributed by atoms with E-state index in [1.54, 1.807) is 24.3 Å². The van der Waals surface area contributed by atoms with Crippen molar-refractivity contribution in [2.75, 3.05) is 13.7 Å². The Kier molecular flexibility index (Phi) is 4.79. The quantitative estimate of drug-likeness (QED) is 0.876. The van der Waals surface area contributed by atoms with Gasteiger partial charge < -0.3 is 19.8 Å². The Morgan fingerprint density at radius 1 is 1.15 bits per heavy atom. The molecule has 6 nitrogen and oxygen atoms in total. The molecule has 1 heterocycles. The number of aliphatic carboxylic acids is 1. The Morgan fingerprint density at radius 2 is 1.92 bits per heavy atom. The van der Waals surface area contributed by atoms with E-state index in [1.807, 2.05) is 0 Å². The minimum Gasteiger partial charge on any atom is -0.496 e. The lowest BCUT2D eigenvalue weighted by Crippen LogP contribution is -2.35. The Morgan fingerprint density at radius 3 is 2.58 bits per heavy atom. The molecule has 1 amide bonds. The third-order valence-electron chi connectivity index (χ3n) is 4.53. The van der Waals surface area contributed by atoms with Crippen LogP contribution in [0.3, 0.4) is 0 Å². The topological polar surface area (TPSA) is 87.1 Å². The van der Waals surface area contributed by atoms with Gasteiger partial charge in [-0.25, -0.2) is 9.18 Å². The second-order valence-corrected chi connectivity index (χ2v) is 6.11. The minimum atomic E-state index is -1.06. The molecule has 0 saturated heterocycles. The summed E-state index contributed by atoms with van der Waals surface area (Å²) in [7, 11) is 1.50. The molecule has 0 spiro atoms. The van der Waals surface area contributed by atoms with Gasteiger partial charge in [-0.2, -0.15) is 0 Å². The number of amides is 1. The molecule has 7 heteroatoms. The van der Waals surface area contributed by atoms with Crippen LogP contribution in [0.15, 0.2) is 30.3 Å². The molecule has 0 saturated carbocycles. The summed E-state index contributed by atoms with van der Waals surface area (Å²) in [6, 6.07) is 7.97. The third-order valence-corrected chi connectivity index (χ3v) is 4.53. The van der Waals surface area contributed by atoms with Gasteiger partial charge in [0, 0.05) is 18.7 Å². The van der Waals surface area contributed by atoms with Crippen molar-refractivity contribution in [3.63, 3.8) is 0 Å². The number of carbonyl (C=O) groups is 2. The van der Waals surface area contributed by atoms with Crippen LogP contribution in [0.1, 0.15) is 16.7 Å². The Labute approximate surface area is 149 Å².